The van der Waals surface area contributed by atoms with Gasteiger partial charge in [-0.1, -0.05) is 59.6 Å². The second kappa shape index (κ2) is 6.69. The lowest BCUT2D eigenvalue weighted by Gasteiger charge is -2.03. The molecule has 0 aliphatic heterocycles. The molecule has 0 bridgehead atoms. The minimum absolute atomic E-state index is 0.666. The van der Waals surface area contributed by atoms with Crippen molar-refractivity contribution in [3.05, 3.63) is 69.7 Å². The first-order valence-electron chi connectivity index (χ1n) is 6.18. The number of halogens is 2. The van der Waals surface area contributed by atoms with Gasteiger partial charge in [-0.05, 0) is 26.0 Å². The zero-order chi connectivity index (χ0) is 14.5. The highest BCUT2D eigenvalue weighted by Crippen LogP contribution is 2.17. The summed E-state index contributed by atoms with van der Waals surface area (Å²) in [5.74, 6) is 0. The van der Waals surface area contributed by atoms with Crippen molar-refractivity contribution >= 4 is 34.6 Å². The van der Waals surface area contributed by atoms with Crippen molar-refractivity contribution < 1.29 is 0 Å². The lowest BCUT2D eigenvalue weighted by atomic mass is 10.1. The summed E-state index contributed by atoms with van der Waals surface area (Å²) in [5, 5.41) is 9.80. The first-order chi connectivity index (χ1) is 9.59. The molecule has 0 unspecified atom stereocenters. The van der Waals surface area contributed by atoms with Gasteiger partial charge in [0, 0.05) is 21.2 Å². The molecule has 2 aromatic carbocycles. The van der Waals surface area contributed by atoms with E-state index < -0.39 is 0 Å². The average molecular weight is 305 g/mol. The Hall–Kier alpha value is -1.64. The summed E-state index contributed by atoms with van der Waals surface area (Å²) in [5.41, 5.74) is 3.29. The predicted octanol–water partition coefficient (Wildman–Crippen LogP) is 5.23. The van der Waals surface area contributed by atoms with Crippen LogP contribution < -0.4 is 0 Å². The highest BCUT2D eigenvalue weighted by molar-refractivity contribution is 6.34. The molecule has 0 N–H and O–H groups in total. The fourth-order valence-electron chi connectivity index (χ4n) is 1.77. The summed E-state index contributed by atoms with van der Waals surface area (Å²) in [6.07, 6.45) is 0. The molecule has 0 aromatic heterocycles. The minimum atomic E-state index is 0.666. The van der Waals surface area contributed by atoms with Crippen molar-refractivity contribution in [2.45, 2.75) is 13.8 Å². The van der Waals surface area contributed by atoms with Gasteiger partial charge in [-0.25, -0.2) is 0 Å². The van der Waals surface area contributed by atoms with Gasteiger partial charge < -0.3 is 0 Å². The normalized spacial score (nSPS) is 12.6. The third-order valence-electron chi connectivity index (χ3n) is 2.88. The number of nitrogens with zero attached hydrogens (tertiary/aromatic N) is 2. The van der Waals surface area contributed by atoms with E-state index >= 15 is 0 Å². The molecule has 0 heterocycles. The molecule has 0 saturated carbocycles. The summed E-state index contributed by atoms with van der Waals surface area (Å²) in [6, 6.07) is 15.1. The average Bonchev–Trinajstić information content (AvgIpc) is 2.45. The van der Waals surface area contributed by atoms with E-state index in [0.717, 1.165) is 22.6 Å². The standard InChI is InChI=1S/C16H14Cl2N2/c1-11(13-7-3-5-9-15(13)17)19-20-12(2)14-8-4-6-10-16(14)18/h3-10H,1-2H3/b19-11+,20-12+. The predicted molar refractivity (Wildman–Crippen MR) is 87.3 cm³/mol. The zero-order valence-electron chi connectivity index (χ0n) is 11.3. The van der Waals surface area contributed by atoms with Crippen LogP contribution in [0.25, 0.3) is 0 Å². The van der Waals surface area contributed by atoms with E-state index in [-0.39, 0.29) is 0 Å². The summed E-state index contributed by atoms with van der Waals surface area (Å²) < 4.78 is 0. The van der Waals surface area contributed by atoms with Crippen molar-refractivity contribution in [2.75, 3.05) is 0 Å². The first-order valence-corrected chi connectivity index (χ1v) is 6.94. The lowest BCUT2D eigenvalue weighted by Crippen LogP contribution is -1.98. The van der Waals surface area contributed by atoms with E-state index in [2.05, 4.69) is 10.2 Å². The van der Waals surface area contributed by atoms with E-state index in [1.54, 1.807) is 0 Å². The summed E-state index contributed by atoms with van der Waals surface area (Å²) in [4.78, 5) is 0. The van der Waals surface area contributed by atoms with Crippen LogP contribution in [0, 0.1) is 0 Å². The molecule has 20 heavy (non-hydrogen) atoms. The lowest BCUT2D eigenvalue weighted by molar-refractivity contribution is 1.22. The number of hydrogen-bond donors (Lipinski definition) is 0. The number of rotatable bonds is 3. The second-order valence-electron chi connectivity index (χ2n) is 4.33. The fraction of sp³-hybridized carbons (Fsp3) is 0.125. The van der Waals surface area contributed by atoms with Crippen LogP contribution in [-0.2, 0) is 0 Å². The van der Waals surface area contributed by atoms with Crippen LogP contribution in [0.1, 0.15) is 25.0 Å². The summed E-state index contributed by atoms with van der Waals surface area (Å²) in [7, 11) is 0. The Kier molecular flexibility index (Phi) is 4.94. The molecule has 0 spiro atoms. The first kappa shape index (κ1) is 14.8. The molecule has 2 aromatic rings. The molecule has 0 fully saturated rings. The summed E-state index contributed by atoms with van der Waals surface area (Å²) >= 11 is 12.3. The Balaban J connectivity index is 2.30. The smallest absolute Gasteiger partial charge is 0.0686 e. The molecule has 0 aliphatic rings. The van der Waals surface area contributed by atoms with Crippen LogP contribution in [0.15, 0.2) is 58.7 Å². The molecule has 2 nitrogen and oxygen atoms in total. The van der Waals surface area contributed by atoms with Crippen molar-refractivity contribution in [3.8, 4) is 0 Å². The Labute approximate surface area is 128 Å². The maximum absolute atomic E-state index is 6.13. The van der Waals surface area contributed by atoms with Crippen LogP contribution in [0.2, 0.25) is 10.0 Å². The maximum Gasteiger partial charge on any atom is 0.0686 e. The molecular weight excluding hydrogens is 291 g/mol. The highest BCUT2D eigenvalue weighted by atomic mass is 35.5. The Morgan fingerprint density at radius 1 is 0.700 bits per heavy atom. The van der Waals surface area contributed by atoms with Gasteiger partial charge in [0.05, 0.1) is 11.4 Å². The molecule has 0 atom stereocenters. The van der Waals surface area contributed by atoms with E-state index in [9.17, 15) is 0 Å². The molecule has 2 rings (SSSR count). The number of hydrogen-bond acceptors (Lipinski definition) is 2. The quantitative estimate of drug-likeness (QED) is 0.548. The topological polar surface area (TPSA) is 24.7 Å². The van der Waals surface area contributed by atoms with Gasteiger partial charge in [0.25, 0.3) is 0 Å². The van der Waals surface area contributed by atoms with Gasteiger partial charge in [-0.2, -0.15) is 10.2 Å². The highest BCUT2D eigenvalue weighted by Gasteiger charge is 2.04. The maximum atomic E-state index is 6.13. The molecule has 0 radical (unpaired) electrons. The molecule has 0 aliphatic carbocycles. The molecule has 102 valence electrons. The molecule has 0 amide bonds. The van der Waals surface area contributed by atoms with Gasteiger partial charge in [0.1, 0.15) is 0 Å². The Bertz CT molecular complexity index is 616. The van der Waals surface area contributed by atoms with Crippen LogP contribution in [-0.4, -0.2) is 11.4 Å². The van der Waals surface area contributed by atoms with Gasteiger partial charge in [-0.15, -0.1) is 0 Å². The van der Waals surface area contributed by atoms with Crippen LogP contribution in [0.4, 0.5) is 0 Å². The SMILES string of the molecule is C/C(=N\N=C(/C)c1ccccc1Cl)c1ccccc1Cl. The van der Waals surface area contributed by atoms with E-state index in [4.69, 9.17) is 23.2 Å². The van der Waals surface area contributed by atoms with Crippen LogP contribution in [0.5, 0.6) is 0 Å². The number of benzene rings is 2. The Morgan fingerprint density at radius 2 is 1.05 bits per heavy atom. The van der Waals surface area contributed by atoms with Gasteiger partial charge in [0.15, 0.2) is 0 Å². The minimum Gasteiger partial charge on any atom is -0.155 e. The van der Waals surface area contributed by atoms with Crippen LogP contribution in [0.3, 0.4) is 0 Å². The Morgan fingerprint density at radius 3 is 1.40 bits per heavy atom. The zero-order valence-corrected chi connectivity index (χ0v) is 12.8. The van der Waals surface area contributed by atoms with Gasteiger partial charge in [-0.3, -0.25) is 0 Å². The monoisotopic (exact) mass is 304 g/mol. The largest absolute Gasteiger partial charge is 0.155 e. The second-order valence-corrected chi connectivity index (χ2v) is 5.14. The van der Waals surface area contributed by atoms with Gasteiger partial charge in [0.2, 0.25) is 0 Å². The van der Waals surface area contributed by atoms with E-state index in [0.29, 0.717) is 10.0 Å². The molecular formula is C16H14Cl2N2. The summed E-state index contributed by atoms with van der Waals surface area (Å²) in [6.45, 7) is 3.76. The van der Waals surface area contributed by atoms with Crippen LogP contribution >= 0.6 is 23.2 Å². The van der Waals surface area contributed by atoms with Gasteiger partial charge >= 0.3 is 0 Å². The fourth-order valence-corrected chi connectivity index (χ4v) is 2.31. The molecule has 0 saturated heterocycles. The van der Waals surface area contributed by atoms with E-state index in [1.165, 1.54) is 0 Å². The third-order valence-corrected chi connectivity index (χ3v) is 3.54. The van der Waals surface area contributed by atoms with Crippen molar-refractivity contribution in [1.29, 1.82) is 0 Å². The van der Waals surface area contributed by atoms with Crippen molar-refractivity contribution in [3.63, 3.8) is 0 Å². The van der Waals surface area contributed by atoms with Crippen molar-refractivity contribution in [2.24, 2.45) is 10.2 Å². The van der Waals surface area contributed by atoms with Crippen molar-refractivity contribution in [1.82, 2.24) is 0 Å². The third kappa shape index (κ3) is 3.47. The molecule has 4 heteroatoms. The van der Waals surface area contributed by atoms with E-state index in [1.807, 2.05) is 62.4 Å².